The van der Waals surface area contributed by atoms with Crippen molar-refractivity contribution in [2.75, 3.05) is 18.0 Å². The summed E-state index contributed by atoms with van der Waals surface area (Å²) in [5.41, 5.74) is 2.26. The Morgan fingerprint density at radius 2 is 2.21 bits per heavy atom. The quantitative estimate of drug-likeness (QED) is 0.758. The van der Waals surface area contributed by atoms with Crippen LogP contribution in [0.2, 0.25) is 0 Å². The summed E-state index contributed by atoms with van der Waals surface area (Å²) < 4.78 is 0. The van der Waals surface area contributed by atoms with Gasteiger partial charge in [0.15, 0.2) is 5.78 Å². The standard InChI is InChI=1S/C16H20N2O/c1-3-18(11-13-5-4-6-13)16-9-14(10-17)7-8-15(16)12(2)19/h7-9,13H,3-6,11H2,1-2H3. The summed E-state index contributed by atoms with van der Waals surface area (Å²) in [4.78, 5) is 14.0. The van der Waals surface area contributed by atoms with E-state index < -0.39 is 0 Å². The number of hydrogen-bond donors (Lipinski definition) is 0. The van der Waals surface area contributed by atoms with Crippen LogP contribution in [0.1, 0.15) is 49.0 Å². The molecule has 0 atom stereocenters. The highest BCUT2D eigenvalue weighted by atomic mass is 16.1. The summed E-state index contributed by atoms with van der Waals surface area (Å²) in [6.07, 6.45) is 3.88. The fourth-order valence-corrected chi connectivity index (χ4v) is 2.55. The first-order chi connectivity index (χ1) is 9.15. The zero-order valence-corrected chi connectivity index (χ0v) is 11.6. The zero-order valence-electron chi connectivity index (χ0n) is 11.6. The van der Waals surface area contributed by atoms with Gasteiger partial charge in [0, 0.05) is 24.3 Å². The molecule has 3 nitrogen and oxygen atoms in total. The predicted molar refractivity (Wildman–Crippen MR) is 76.4 cm³/mol. The minimum absolute atomic E-state index is 0.0616. The molecule has 1 aliphatic rings. The van der Waals surface area contributed by atoms with E-state index >= 15 is 0 Å². The lowest BCUT2D eigenvalue weighted by molar-refractivity contribution is 0.101. The predicted octanol–water partition coefficient (Wildman–Crippen LogP) is 3.39. The van der Waals surface area contributed by atoms with Crippen molar-refractivity contribution in [3.8, 4) is 6.07 Å². The Hall–Kier alpha value is -1.82. The number of carbonyl (C=O) groups is 1. The zero-order chi connectivity index (χ0) is 13.8. The van der Waals surface area contributed by atoms with Crippen LogP contribution in [-0.4, -0.2) is 18.9 Å². The molecule has 3 heteroatoms. The molecule has 0 spiro atoms. The third-order valence-corrected chi connectivity index (χ3v) is 3.93. The topological polar surface area (TPSA) is 44.1 Å². The van der Waals surface area contributed by atoms with Gasteiger partial charge in [-0.3, -0.25) is 4.79 Å². The number of anilines is 1. The van der Waals surface area contributed by atoms with Crippen LogP contribution in [0, 0.1) is 17.2 Å². The van der Waals surface area contributed by atoms with Gasteiger partial charge in [-0.1, -0.05) is 6.42 Å². The minimum Gasteiger partial charge on any atom is -0.371 e. The van der Waals surface area contributed by atoms with Crippen molar-refractivity contribution in [1.82, 2.24) is 0 Å². The Bertz CT molecular complexity index is 512. The Morgan fingerprint density at radius 1 is 1.47 bits per heavy atom. The average molecular weight is 256 g/mol. The molecule has 0 bridgehead atoms. The van der Waals surface area contributed by atoms with Crippen LogP contribution in [0.15, 0.2) is 18.2 Å². The number of hydrogen-bond acceptors (Lipinski definition) is 3. The molecule has 19 heavy (non-hydrogen) atoms. The van der Waals surface area contributed by atoms with Gasteiger partial charge in [0.1, 0.15) is 0 Å². The van der Waals surface area contributed by atoms with Gasteiger partial charge in [-0.25, -0.2) is 0 Å². The smallest absolute Gasteiger partial charge is 0.161 e. The van der Waals surface area contributed by atoms with Crippen LogP contribution in [0.25, 0.3) is 0 Å². The molecule has 0 amide bonds. The average Bonchev–Trinajstić information content (AvgIpc) is 2.37. The highest BCUT2D eigenvalue weighted by molar-refractivity contribution is 6.00. The maximum absolute atomic E-state index is 11.7. The second-order valence-electron chi connectivity index (χ2n) is 5.24. The Kier molecular flexibility index (Phi) is 4.21. The first kappa shape index (κ1) is 13.6. The molecule has 100 valence electrons. The lowest BCUT2D eigenvalue weighted by atomic mass is 9.85. The molecular weight excluding hydrogens is 236 g/mol. The van der Waals surface area contributed by atoms with Crippen molar-refractivity contribution < 1.29 is 4.79 Å². The lowest BCUT2D eigenvalue weighted by Gasteiger charge is -2.34. The second kappa shape index (κ2) is 5.88. The molecule has 0 aromatic heterocycles. The van der Waals surface area contributed by atoms with Crippen LogP contribution >= 0.6 is 0 Å². The van der Waals surface area contributed by atoms with Gasteiger partial charge in [0.2, 0.25) is 0 Å². The van der Waals surface area contributed by atoms with Crippen LogP contribution in [0.5, 0.6) is 0 Å². The molecule has 0 aliphatic heterocycles. The summed E-state index contributed by atoms with van der Waals surface area (Å²) in [7, 11) is 0. The van der Waals surface area contributed by atoms with E-state index in [0.29, 0.717) is 5.56 Å². The number of ketones is 1. The molecule has 1 fully saturated rings. The number of carbonyl (C=O) groups excluding carboxylic acids is 1. The summed E-state index contributed by atoms with van der Waals surface area (Å²) in [5.74, 6) is 0.803. The monoisotopic (exact) mass is 256 g/mol. The summed E-state index contributed by atoms with van der Waals surface area (Å²) in [6.45, 7) is 5.54. The number of nitriles is 1. The first-order valence-corrected chi connectivity index (χ1v) is 6.95. The van der Waals surface area contributed by atoms with Crippen molar-refractivity contribution in [2.45, 2.75) is 33.1 Å². The molecule has 0 radical (unpaired) electrons. The van der Waals surface area contributed by atoms with E-state index in [9.17, 15) is 4.79 Å². The summed E-state index contributed by atoms with van der Waals surface area (Å²) in [6, 6.07) is 7.50. The van der Waals surface area contributed by atoms with Gasteiger partial charge in [0.05, 0.1) is 11.6 Å². The molecule has 1 aromatic carbocycles. The molecule has 0 saturated heterocycles. The van der Waals surface area contributed by atoms with Crippen LogP contribution in [-0.2, 0) is 0 Å². The largest absolute Gasteiger partial charge is 0.371 e. The first-order valence-electron chi connectivity index (χ1n) is 6.95. The molecular formula is C16H20N2O. The molecule has 2 rings (SSSR count). The highest BCUT2D eigenvalue weighted by Crippen LogP contribution is 2.30. The van der Waals surface area contributed by atoms with Gasteiger partial charge in [-0.05, 0) is 50.8 Å². The Labute approximate surface area is 114 Å². The van der Waals surface area contributed by atoms with Gasteiger partial charge < -0.3 is 4.90 Å². The van der Waals surface area contributed by atoms with Crippen LogP contribution in [0.3, 0.4) is 0 Å². The number of Topliss-reactive ketones (excluding diaryl/α,β-unsaturated/α-hetero) is 1. The second-order valence-corrected chi connectivity index (χ2v) is 5.24. The third kappa shape index (κ3) is 2.96. The van der Waals surface area contributed by atoms with Gasteiger partial charge in [-0.2, -0.15) is 5.26 Å². The maximum Gasteiger partial charge on any atom is 0.161 e. The molecule has 0 heterocycles. The van der Waals surface area contributed by atoms with E-state index in [0.717, 1.165) is 30.3 Å². The van der Waals surface area contributed by atoms with Crippen LogP contribution in [0.4, 0.5) is 5.69 Å². The Morgan fingerprint density at radius 3 is 2.68 bits per heavy atom. The fraction of sp³-hybridized carbons (Fsp3) is 0.500. The molecule has 1 saturated carbocycles. The van der Waals surface area contributed by atoms with Crippen molar-refractivity contribution in [3.05, 3.63) is 29.3 Å². The lowest BCUT2D eigenvalue weighted by Crippen LogP contribution is -2.33. The van der Waals surface area contributed by atoms with Crippen molar-refractivity contribution in [2.24, 2.45) is 5.92 Å². The summed E-state index contributed by atoms with van der Waals surface area (Å²) >= 11 is 0. The highest BCUT2D eigenvalue weighted by Gasteiger charge is 2.22. The van der Waals surface area contributed by atoms with E-state index in [1.54, 1.807) is 19.1 Å². The number of benzene rings is 1. The Balaban J connectivity index is 2.32. The third-order valence-electron chi connectivity index (χ3n) is 3.93. The van der Waals surface area contributed by atoms with E-state index in [2.05, 4.69) is 17.9 Å². The van der Waals surface area contributed by atoms with E-state index in [1.165, 1.54) is 19.3 Å². The number of nitrogens with zero attached hydrogens (tertiary/aromatic N) is 2. The minimum atomic E-state index is 0.0616. The molecule has 0 N–H and O–H groups in total. The summed E-state index contributed by atoms with van der Waals surface area (Å²) in [5, 5.41) is 9.03. The van der Waals surface area contributed by atoms with Crippen molar-refractivity contribution in [3.63, 3.8) is 0 Å². The van der Waals surface area contributed by atoms with Gasteiger partial charge in [-0.15, -0.1) is 0 Å². The van der Waals surface area contributed by atoms with E-state index in [1.807, 2.05) is 6.07 Å². The van der Waals surface area contributed by atoms with Gasteiger partial charge in [0.25, 0.3) is 0 Å². The molecule has 1 aromatic rings. The normalized spacial score (nSPS) is 14.6. The molecule has 1 aliphatic carbocycles. The number of rotatable bonds is 5. The van der Waals surface area contributed by atoms with E-state index in [-0.39, 0.29) is 5.78 Å². The molecule has 0 unspecified atom stereocenters. The van der Waals surface area contributed by atoms with Crippen LogP contribution < -0.4 is 4.90 Å². The van der Waals surface area contributed by atoms with Crippen molar-refractivity contribution >= 4 is 11.5 Å². The van der Waals surface area contributed by atoms with E-state index in [4.69, 9.17) is 5.26 Å². The van der Waals surface area contributed by atoms with Crippen molar-refractivity contribution in [1.29, 1.82) is 5.26 Å². The maximum atomic E-state index is 11.7. The van der Waals surface area contributed by atoms with Gasteiger partial charge >= 0.3 is 0 Å². The SMILES string of the molecule is CCN(CC1CCC1)c1cc(C#N)ccc1C(C)=O. The fourth-order valence-electron chi connectivity index (χ4n) is 2.55.